The third kappa shape index (κ3) is 5.21. The van der Waals surface area contributed by atoms with E-state index in [1.165, 1.54) is 17.7 Å². The van der Waals surface area contributed by atoms with Gasteiger partial charge in [-0.1, -0.05) is 23.7 Å². The van der Waals surface area contributed by atoms with E-state index in [1.807, 2.05) is 12.1 Å². The van der Waals surface area contributed by atoms with Gasteiger partial charge < -0.3 is 10.4 Å². The van der Waals surface area contributed by atoms with Gasteiger partial charge >= 0.3 is 0 Å². The van der Waals surface area contributed by atoms with Crippen molar-refractivity contribution in [3.63, 3.8) is 0 Å². The van der Waals surface area contributed by atoms with Crippen molar-refractivity contribution < 1.29 is 9.90 Å². The van der Waals surface area contributed by atoms with Crippen LogP contribution in [-0.4, -0.2) is 35.5 Å². The van der Waals surface area contributed by atoms with Crippen LogP contribution in [0.5, 0.6) is 5.75 Å². The van der Waals surface area contributed by atoms with Crippen molar-refractivity contribution in [2.75, 3.05) is 19.6 Å². The topological polar surface area (TPSA) is 52.6 Å². The van der Waals surface area contributed by atoms with E-state index < -0.39 is 0 Å². The van der Waals surface area contributed by atoms with Crippen LogP contribution in [0.2, 0.25) is 5.02 Å². The van der Waals surface area contributed by atoms with Crippen molar-refractivity contribution in [3.8, 4) is 5.75 Å². The van der Waals surface area contributed by atoms with Gasteiger partial charge in [-0.3, -0.25) is 9.69 Å². The third-order valence-corrected chi connectivity index (χ3v) is 4.96. The Hall–Kier alpha value is -2.04. The summed E-state index contributed by atoms with van der Waals surface area (Å²) >= 11 is 5.93. The minimum absolute atomic E-state index is 0.0800. The fourth-order valence-corrected chi connectivity index (χ4v) is 3.27. The van der Waals surface area contributed by atoms with Crippen molar-refractivity contribution in [3.05, 3.63) is 64.7 Å². The van der Waals surface area contributed by atoms with Crippen molar-refractivity contribution >= 4 is 17.5 Å². The molecule has 0 atom stereocenters. The van der Waals surface area contributed by atoms with Crippen LogP contribution in [0, 0.1) is 5.92 Å². The monoisotopic (exact) mass is 358 g/mol. The number of hydrogen-bond acceptors (Lipinski definition) is 3. The lowest BCUT2D eigenvalue weighted by molar-refractivity contribution is 0.0935. The number of likely N-dealkylation sites (tertiary alicyclic amines) is 1. The zero-order chi connectivity index (χ0) is 17.6. The number of phenolic OH excluding ortho intramolecular Hbond substituents is 1. The molecule has 0 aromatic heterocycles. The highest BCUT2D eigenvalue weighted by Crippen LogP contribution is 2.19. The standard InChI is InChI=1S/C20H23ClN2O2/c21-18-5-1-16(2-6-18)14-23-11-9-15(10-12-23)13-22-20(25)17-3-7-19(24)8-4-17/h1-8,15,24H,9-14H2,(H,22,25). The Kier molecular flexibility index (Phi) is 5.95. The number of halogens is 1. The van der Waals surface area contributed by atoms with Crippen LogP contribution >= 0.6 is 11.6 Å². The van der Waals surface area contributed by atoms with Crippen LogP contribution in [0.3, 0.4) is 0 Å². The van der Waals surface area contributed by atoms with E-state index in [4.69, 9.17) is 11.6 Å². The van der Waals surface area contributed by atoms with E-state index in [0.29, 0.717) is 18.0 Å². The maximum absolute atomic E-state index is 12.1. The third-order valence-electron chi connectivity index (χ3n) is 4.71. The van der Waals surface area contributed by atoms with Gasteiger partial charge in [-0.15, -0.1) is 0 Å². The first-order valence-electron chi connectivity index (χ1n) is 8.64. The SMILES string of the molecule is O=C(NCC1CCN(Cc2ccc(Cl)cc2)CC1)c1ccc(O)cc1. The molecule has 5 heteroatoms. The number of aromatic hydroxyl groups is 1. The van der Waals surface area contributed by atoms with Crippen LogP contribution < -0.4 is 5.32 Å². The number of piperidine rings is 1. The normalized spacial score (nSPS) is 15.9. The van der Waals surface area contributed by atoms with E-state index in [1.54, 1.807) is 12.1 Å². The van der Waals surface area contributed by atoms with Crippen molar-refractivity contribution in [2.45, 2.75) is 19.4 Å². The largest absolute Gasteiger partial charge is 0.508 e. The molecule has 4 nitrogen and oxygen atoms in total. The predicted octanol–water partition coefficient (Wildman–Crippen LogP) is 3.69. The second-order valence-corrected chi connectivity index (χ2v) is 7.04. The van der Waals surface area contributed by atoms with E-state index in [0.717, 1.165) is 37.5 Å². The van der Waals surface area contributed by atoms with Gasteiger partial charge in [-0.05, 0) is 73.8 Å². The number of nitrogens with one attached hydrogen (secondary N) is 1. The lowest BCUT2D eigenvalue weighted by Crippen LogP contribution is -2.38. The predicted molar refractivity (Wildman–Crippen MR) is 99.9 cm³/mol. The molecule has 1 amide bonds. The molecule has 3 rings (SSSR count). The Labute approximate surface area is 153 Å². The molecule has 132 valence electrons. The summed E-state index contributed by atoms with van der Waals surface area (Å²) in [6.07, 6.45) is 2.17. The first-order chi connectivity index (χ1) is 12.1. The highest BCUT2D eigenvalue weighted by molar-refractivity contribution is 6.30. The Morgan fingerprint density at radius 3 is 2.36 bits per heavy atom. The van der Waals surface area contributed by atoms with Gasteiger partial charge in [-0.2, -0.15) is 0 Å². The summed E-state index contributed by atoms with van der Waals surface area (Å²) in [7, 11) is 0. The van der Waals surface area contributed by atoms with Gasteiger partial charge in [0.15, 0.2) is 0 Å². The molecule has 2 aromatic carbocycles. The Bertz CT molecular complexity index is 693. The summed E-state index contributed by atoms with van der Waals surface area (Å²) < 4.78 is 0. The zero-order valence-corrected chi connectivity index (χ0v) is 14.9. The number of nitrogens with zero attached hydrogens (tertiary/aromatic N) is 1. The van der Waals surface area contributed by atoms with Crippen LogP contribution in [0.15, 0.2) is 48.5 Å². The number of benzene rings is 2. The quantitative estimate of drug-likeness (QED) is 0.857. The van der Waals surface area contributed by atoms with E-state index in [-0.39, 0.29) is 11.7 Å². The van der Waals surface area contributed by atoms with E-state index in [9.17, 15) is 9.90 Å². The fraction of sp³-hybridized carbons (Fsp3) is 0.350. The van der Waals surface area contributed by atoms with Crippen LogP contribution in [-0.2, 0) is 6.54 Å². The Morgan fingerprint density at radius 1 is 1.08 bits per heavy atom. The number of carbonyl (C=O) groups is 1. The molecule has 2 aromatic rings. The van der Waals surface area contributed by atoms with Gasteiger partial charge in [0.2, 0.25) is 0 Å². The first-order valence-corrected chi connectivity index (χ1v) is 9.02. The minimum Gasteiger partial charge on any atom is -0.508 e. The summed E-state index contributed by atoms with van der Waals surface area (Å²) in [5.41, 5.74) is 1.86. The van der Waals surface area contributed by atoms with Crippen molar-refractivity contribution in [2.24, 2.45) is 5.92 Å². The number of carbonyl (C=O) groups excluding carboxylic acids is 1. The molecule has 0 aliphatic carbocycles. The van der Waals surface area contributed by atoms with Crippen molar-refractivity contribution in [1.82, 2.24) is 10.2 Å². The summed E-state index contributed by atoms with van der Waals surface area (Å²) in [6.45, 7) is 3.74. The number of phenols is 1. The molecule has 0 radical (unpaired) electrons. The summed E-state index contributed by atoms with van der Waals surface area (Å²) in [5, 5.41) is 13.0. The fourth-order valence-electron chi connectivity index (χ4n) is 3.15. The molecule has 25 heavy (non-hydrogen) atoms. The molecule has 0 unspecified atom stereocenters. The summed E-state index contributed by atoms with van der Waals surface area (Å²) in [6, 6.07) is 14.4. The maximum atomic E-state index is 12.1. The second-order valence-electron chi connectivity index (χ2n) is 6.60. The molecule has 0 spiro atoms. The average molecular weight is 359 g/mol. The van der Waals surface area contributed by atoms with E-state index in [2.05, 4.69) is 22.3 Å². The molecule has 1 heterocycles. The van der Waals surface area contributed by atoms with Crippen LogP contribution in [0.4, 0.5) is 0 Å². The molecular weight excluding hydrogens is 336 g/mol. The molecule has 1 fully saturated rings. The number of hydrogen-bond donors (Lipinski definition) is 2. The smallest absolute Gasteiger partial charge is 0.251 e. The zero-order valence-electron chi connectivity index (χ0n) is 14.1. The van der Waals surface area contributed by atoms with Crippen LogP contribution in [0.25, 0.3) is 0 Å². The van der Waals surface area contributed by atoms with E-state index >= 15 is 0 Å². The lowest BCUT2D eigenvalue weighted by atomic mass is 9.96. The molecule has 0 saturated carbocycles. The summed E-state index contributed by atoms with van der Waals surface area (Å²) in [4.78, 5) is 14.6. The molecule has 1 aliphatic rings. The summed E-state index contributed by atoms with van der Waals surface area (Å²) in [5.74, 6) is 0.607. The lowest BCUT2D eigenvalue weighted by Gasteiger charge is -2.32. The molecule has 0 bridgehead atoms. The number of rotatable bonds is 5. The maximum Gasteiger partial charge on any atom is 0.251 e. The van der Waals surface area contributed by atoms with Gasteiger partial charge in [0.05, 0.1) is 0 Å². The Balaban J connectivity index is 1.41. The molecule has 2 N–H and O–H groups in total. The minimum atomic E-state index is -0.0800. The molecular formula is C20H23ClN2O2. The van der Waals surface area contributed by atoms with Gasteiger partial charge in [0.25, 0.3) is 5.91 Å². The second kappa shape index (κ2) is 8.37. The number of amides is 1. The molecule has 1 saturated heterocycles. The Morgan fingerprint density at radius 2 is 1.72 bits per heavy atom. The van der Waals surface area contributed by atoms with Gasteiger partial charge in [0, 0.05) is 23.7 Å². The van der Waals surface area contributed by atoms with Gasteiger partial charge in [-0.25, -0.2) is 0 Å². The van der Waals surface area contributed by atoms with Crippen LogP contribution in [0.1, 0.15) is 28.8 Å². The van der Waals surface area contributed by atoms with Crippen molar-refractivity contribution in [1.29, 1.82) is 0 Å². The molecule has 1 aliphatic heterocycles. The highest BCUT2D eigenvalue weighted by Gasteiger charge is 2.20. The average Bonchev–Trinajstić information content (AvgIpc) is 2.63. The van der Waals surface area contributed by atoms with Gasteiger partial charge in [0.1, 0.15) is 5.75 Å². The highest BCUT2D eigenvalue weighted by atomic mass is 35.5. The first kappa shape index (κ1) is 17.8.